The zero-order valence-corrected chi connectivity index (χ0v) is 13.0. The Morgan fingerprint density at radius 2 is 1.74 bits per heavy atom. The van der Waals surface area contributed by atoms with E-state index in [-0.39, 0.29) is 0 Å². The third-order valence-corrected chi connectivity index (χ3v) is 6.77. The Hall–Kier alpha value is 0.180. The molecule has 0 aliphatic carbocycles. The number of piperidine rings is 1. The maximum Gasteiger partial charge on any atom is 0.279 e. The summed E-state index contributed by atoms with van der Waals surface area (Å²) in [6.07, 6.45) is 4.03. The second kappa shape index (κ2) is 7.26. The van der Waals surface area contributed by atoms with E-state index < -0.39 is 10.2 Å². The van der Waals surface area contributed by atoms with Crippen molar-refractivity contribution in [3.63, 3.8) is 0 Å². The number of nitrogens with zero attached hydrogens (tertiary/aromatic N) is 1. The van der Waals surface area contributed by atoms with Crippen LogP contribution in [0.3, 0.4) is 0 Å². The summed E-state index contributed by atoms with van der Waals surface area (Å²) in [5, 5.41) is 0. The van der Waals surface area contributed by atoms with Crippen LogP contribution in [0.1, 0.15) is 25.7 Å². The largest absolute Gasteiger partial charge is 0.330 e. The quantitative estimate of drug-likeness (QED) is 0.781. The van der Waals surface area contributed by atoms with Crippen LogP contribution in [0.4, 0.5) is 0 Å². The van der Waals surface area contributed by atoms with E-state index in [4.69, 9.17) is 5.73 Å². The van der Waals surface area contributed by atoms with Gasteiger partial charge < -0.3 is 5.73 Å². The third kappa shape index (κ3) is 4.60. The minimum atomic E-state index is -3.28. The van der Waals surface area contributed by atoms with E-state index in [9.17, 15) is 8.42 Å². The van der Waals surface area contributed by atoms with Gasteiger partial charge in [-0.05, 0) is 55.6 Å². The Kier molecular flexibility index (Phi) is 5.95. The summed E-state index contributed by atoms with van der Waals surface area (Å²) in [5.74, 6) is 3.32. The highest BCUT2D eigenvalue weighted by Gasteiger charge is 2.28. The smallest absolute Gasteiger partial charge is 0.279 e. The highest BCUT2D eigenvalue weighted by molar-refractivity contribution is 7.99. The molecule has 2 rings (SSSR count). The van der Waals surface area contributed by atoms with Gasteiger partial charge >= 0.3 is 0 Å². The van der Waals surface area contributed by atoms with Crippen LogP contribution in [0.15, 0.2) is 0 Å². The summed E-state index contributed by atoms with van der Waals surface area (Å²) in [6, 6.07) is 0. The van der Waals surface area contributed by atoms with Crippen LogP contribution in [0.5, 0.6) is 0 Å². The van der Waals surface area contributed by atoms with E-state index in [1.165, 1.54) is 0 Å². The Bertz CT molecular complexity index is 361. The highest BCUT2D eigenvalue weighted by atomic mass is 32.2. The molecule has 2 saturated heterocycles. The van der Waals surface area contributed by atoms with E-state index in [2.05, 4.69) is 4.72 Å². The monoisotopic (exact) mass is 307 g/mol. The molecule has 0 saturated carbocycles. The molecule has 0 aromatic carbocycles. The molecule has 0 spiro atoms. The van der Waals surface area contributed by atoms with Gasteiger partial charge in [-0.3, -0.25) is 0 Å². The minimum absolute atomic E-state index is 0.488. The van der Waals surface area contributed by atoms with Gasteiger partial charge in [-0.15, -0.1) is 0 Å². The van der Waals surface area contributed by atoms with Crippen molar-refractivity contribution in [2.24, 2.45) is 17.6 Å². The fraction of sp³-hybridized carbons (Fsp3) is 1.00. The molecular weight excluding hydrogens is 282 g/mol. The van der Waals surface area contributed by atoms with E-state index in [0.717, 1.165) is 37.2 Å². The summed E-state index contributed by atoms with van der Waals surface area (Å²) in [7, 11) is -3.28. The van der Waals surface area contributed by atoms with Crippen LogP contribution in [-0.4, -0.2) is 50.4 Å². The van der Waals surface area contributed by atoms with E-state index in [0.29, 0.717) is 38.0 Å². The lowest BCUT2D eigenvalue weighted by Crippen LogP contribution is -2.47. The van der Waals surface area contributed by atoms with Gasteiger partial charge in [0.25, 0.3) is 10.2 Å². The number of thioether (sulfide) groups is 1. The fourth-order valence-corrected chi connectivity index (χ4v) is 5.17. The van der Waals surface area contributed by atoms with Crippen molar-refractivity contribution in [3.05, 3.63) is 0 Å². The van der Waals surface area contributed by atoms with Crippen LogP contribution in [-0.2, 0) is 10.2 Å². The Labute approximate surface area is 120 Å². The molecule has 0 aromatic rings. The number of hydrogen-bond acceptors (Lipinski definition) is 4. The molecule has 0 atom stereocenters. The maximum absolute atomic E-state index is 12.2. The normalized spacial score (nSPS) is 24.7. The molecule has 0 amide bonds. The van der Waals surface area contributed by atoms with E-state index in [1.54, 1.807) is 4.31 Å². The average molecular weight is 307 g/mol. The Morgan fingerprint density at radius 1 is 1.11 bits per heavy atom. The summed E-state index contributed by atoms with van der Waals surface area (Å²) < 4.78 is 28.8. The fourth-order valence-electron chi connectivity index (χ4n) is 2.65. The van der Waals surface area contributed by atoms with Crippen molar-refractivity contribution < 1.29 is 8.42 Å². The summed E-state index contributed by atoms with van der Waals surface area (Å²) in [6.45, 7) is 2.48. The van der Waals surface area contributed by atoms with Gasteiger partial charge in [0.2, 0.25) is 0 Å². The van der Waals surface area contributed by atoms with Crippen molar-refractivity contribution in [3.8, 4) is 0 Å². The van der Waals surface area contributed by atoms with Crippen molar-refractivity contribution in [1.82, 2.24) is 9.03 Å². The zero-order valence-electron chi connectivity index (χ0n) is 11.4. The lowest BCUT2D eigenvalue weighted by molar-refractivity contribution is 0.275. The van der Waals surface area contributed by atoms with Gasteiger partial charge in [0, 0.05) is 19.6 Å². The first-order chi connectivity index (χ1) is 9.12. The number of nitrogens with one attached hydrogen (secondary N) is 1. The van der Waals surface area contributed by atoms with E-state index >= 15 is 0 Å². The number of nitrogens with two attached hydrogens (primary N) is 1. The molecule has 0 radical (unpaired) electrons. The minimum Gasteiger partial charge on any atom is -0.330 e. The molecule has 2 fully saturated rings. The van der Waals surface area contributed by atoms with Gasteiger partial charge in [0.1, 0.15) is 0 Å². The molecule has 0 bridgehead atoms. The predicted octanol–water partition coefficient (Wildman–Crippen LogP) is 0.635. The molecule has 7 heteroatoms. The first-order valence-corrected chi connectivity index (χ1v) is 9.74. The average Bonchev–Trinajstić information content (AvgIpc) is 2.46. The Morgan fingerprint density at radius 3 is 2.32 bits per heavy atom. The van der Waals surface area contributed by atoms with Gasteiger partial charge in [-0.1, -0.05) is 0 Å². The van der Waals surface area contributed by atoms with Crippen LogP contribution >= 0.6 is 11.8 Å². The molecule has 0 unspecified atom stereocenters. The lowest BCUT2D eigenvalue weighted by Gasteiger charge is -2.31. The standard InChI is InChI=1S/C12H25N3O2S2/c13-9-11-1-5-15(6-2-11)19(16,17)14-10-12-3-7-18-8-4-12/h11-12,14H,1-10,13H2. The first-order valence-electron chi connectivity index (χ1n) is 7.14. The second-order valence-corrected chi connectivity index (χ2v) is 8.47. The molecule has 5 nitrogen and oxygen atoms in total. The number of rotatable bonds is 5. The van der Waals surface area contributed by atoms with Crippen molar-refractivity contribution in [2.75, 3.05) is 37.7 Å². The van der Waals surface area contributed by atoms with Crippen molar-refractivity contribution in [1.29, 1.82) is 0 Å². The van der Waals surface area contributed by atoms with Crippen molar-refractivity contribution >= 4 is 22.0 Å². The first kappa shape index (κ1) is 15.6. The predicted molar refractivity (Wildman–Crippen MR) is 80.3 cm³/mol. The maximum atomic E-state index is 12.2. The molecule has 2 heterocycles. The molecular formula is C12H25N3O2S2. The van der Waals surface area contributed by atoms with Crippen LogP contribution in [0.25, 0.3) is 0 Å². The SMILES string of the molecule is NCC1CCN(S(=O)(=O)NCC2CCSCC2)CC1. The van der Waals surface area contributed by atoms with E-state index in [1.807, 2.05) is 11.8 Å². The molecule has 2 aliphatic rings. The molecule has 2 aliphatic heterocycles. The molecule has 3 N–H and O–H groups in total. The third-order valence-electron chi connectivity index (χ3n) is 4.14. The van der Waals surface area contributed by atoms with Crippen LogP contribution in [0.2, 0.25) is 0 Å². The van der Waals surface area contributed by atoms with Crippen molar-refractivity contribution in [2.45, 2.75) is 25.7 Å². The van der Waals surface area contributed by atoms with Gasteiger partial charge in [0.05, 0.1) is 0 Å². The second-order valence-electron chi connectivity index (χ2n) is 5.49. The molecule has 0 aromatic heterocycles. The van der Waals surface area contributed by atoms with Gasteiger partial charge in [-0.25, -0.2) is 4.72 Å². The topological polar surface area (TPSA) is 75.4 Å². The summed E-state index contributed by atoms with van der Waals surface area (Å²) in [5.41, 5.74) is 5.63. The Balaban J connectivity index is 1.78. The molecule has 112 valence electrons. The van der Waals surface area contributed by atoms with Gasteiger partial charge in [-0.2, -0.15) is 24.5 Å². The zero-order chi connectivity index (χ0) is 13.7. The summed E-state index contributed by atoms with van der Waals surface area (Å²) in [4.78, 5) is 0. The van der Waals surface area contributed by atoms with Crippen LogP contribution in [0, 0.1) is 11.8 Å². The summed E-state index contributed by atoms with van der Waals surface area (Å²) >= 11 is 1.96. The van der Waals surface area contributed by atoms with Crippen LogP contribution < -0.4 is 10.5 Å². The molecule has 19 heavy (non-hydrogen) atoms. The number of hydrogen-bond donors (Lipinski definition) is 2. The van der Waals surface area contributed by atoms with Gasteiger partial charge in [0.15, 0.2) is 0 Å². The lowest BCUT2D eigenvalue weighted by atomic mass is 9.99. The highest BCUT2D eigenvalue weighted by Crippen LogP contribution is 2.23.